The van der Waals surface area contributed by atoms with Crippen LogP contribution in [0.2, 0.25) is 0 Å². The maximum absolute atomic E-state index is 12.9. The summed E-state index contributed by atoms with van der Waals surface area (Å²) in [6.07, 6.45) is 0. The van der Waals surface area contributed by atoms with E-state index >= 15 is 0 Å². The van der Waals surface area contributed by atoms with Crippen LogP contribution in [-0.4, -0.2) is 61.1 Å². The van der Waals surface area contributed by atoms with Crippen molar-refractivity contribution in [3.05, 3.63) is 53.0 Å². The molecule has 0 aliphatic carbocycles. The fourth-order valence-corrected chi connectivity index (χ4v) is 4.44. The number of fused-ring (bicyclic) bond motifs is 1. The Kier molecular flexibility index (Phi) is 5.45. The second kappa shape index (κ2) is 8.16. The predicted molar refractivity (Wildman–Crippen MR) is 110 cm³/mol. The van der Waals surface area contributed by atoms with Gasteiger partial charge in [0.1, 0.15) is 16.5 Å². The van der Waals surface area contributed by atoms with E-state index in [4.69, 9.17) is 14.5 Å². The highest BCUT2D eigenvalue weighted by atomic mass is 32.1. The zero-order chi connectivity index (χ0) is 19.5. The molecule has 0 unspecified atom stereocenters. The van der Waals surface area contributed by atoms with Crippen LogP contribution < -0.4 is 9.47 Å². The monoisotopic (exact) mass is 397 g/mol. The summed E-state index contributed by atoms with van der Waals surface area (Å²) >= 11 is 1.74. The average Bonchev–Trinajstić information content (AvgIpc) is 3.15. The molecular weight excluding hydrogens is 374 g/mol. The number of ether oxygens (including phenoxy) is 2. The number of nitrogens with zero attached hydrogens (tertiary/aromatic N) is 3. The molecule has 146 valence electrons. The lowest BCUT2D eigenvalue weighted by atomic mass is 10.1. The van der Waals surface area contributed by atoms with Crippen molar-refractivity contribution in [2.24, 2.45) is 0 Å². The average molecular weight is 398 g/mol. The number of rotatable bonds is 5. The molecular formula is C21H23N3O3S. The van der Waals surface area contributed by atoms with Gasteiger partial charge in [-0.1, -0.05) is 12.1 Å². The highest BCUT2D eigenvalue weighted by Crippen LogP contribution is 2.27. The zero-order valence-electron chi connectivity index (χ0n) is 16.1. The van der Waals surface area contributed by atoms with Gasteiger partial charge in [0.2, 0.25) is 0 Å². The van der Waals surface area contributed by atoms with E-state index < -0.39 is 0 Å². The molecule has 0 radical (unpaired) electrons. The number of para-hydroxylation sites is 1. The zero-order valence-corrected chi connectivity index (χ0v) is 16.9. The normalized spacial score (nSPS) is 15.0. The summed E-state index contributed by atoms with van der Waals surface area (Å²) < 4.78 is 11.8. The van der Waals surface area contributed by atoms with Gasteiger partial charge >= 0.3 is 0 Å². The van der Waals surface area contributed by atoms with Crippen LogP contribution >= 0.6 is 11.3 Å². The van der Waals surface area contributed by atoms with Crippen LogP contribution in [-0.2, 0) is 6.54 Å². The number of carbonyl (C=O) groups is 1. The topological polar surface area (TPSA) is 54.9 Å². The molecule has 1 amide bonds. The number of hydrogen-bond acceptors (Lipinski definition) is 6. The van der Waals surface area contributed by atoms with Gasteiger partial charge in [-0.25, -0.2) is 4.98 Å². The molecule has 0 N–H and O–H groups in total. The number of benzene rings is 2. The first-order valence-electron chi connectivity index (χ1n) is 9.26. The summed E-state index contributed by atoms with van der Waals surface area (Å²) in [5.74, 6) is 1.22. The van der Waals surface area contributed by atoms with Crippen molar-refractivity contribution in [3.8, 4) is 11.5 Å². The van der Waals surface area contributed by atoms with Gasteiger partial charge in [0.05, 0.1) is 36.5 Å². The molecule has 7 heteroatoms. The maximum atomic E-state index is 12.9. The van der Waals surface area contributed by atoms with E-state index in [9.17, 15) is 4.79 Å². The maximum Gasteiger partial charge on any atom is 0.257 e. The Morgan fingerprint density at radius 1 is 1.07 bits per heavy atom. The Labute approximate surface area is 168 Å². The summed E-state index contributed by atoms with van der Waals surface area (Å²) in [5, 5.41) is 1.12. The third-order valence-corrected chi connectivity index (χ3v) is 6.02. The number of piperazine rings is 1. The first kappa shape index (κ1) is 18.7. The highest BCUT2D eigenvalue weighted by molar-refractivity contribution is 7.18. The van der Waals surface area contributed by atoms with Crippen LogP contribution in [0.5, 0.6) is 11.5 Å². The molecule has 2 heterocycles. The number of methoxy groups -OCH3 is 2. The Hall–Kier alpha value is -2.64. The van der Waals surface area contributed by atoms with Gasteiger partial charge in [0.25, 0.3) is 5.91 Å². The van der Waals surface area contributed by atoms with Crippen molar-refractivity contribution < 1.29 is 14.3 Å². The summed E-state index contributed by atoms with van der Waals surface area (Å²) in [6, 6.07) is 13.5. The molecule has 2 aromatic carbocycles. The molecule has 0 spiro atoms. The summed E-state index contributed by atoms with van der Waals surface area (Å²) in [4.78, 5) is 21.9. The number of thiazole rings is 1. The fourth-order valence-electron chi connectivity index (χ4n) is 3.43. The first-order chi connectivity index (χ1) is 13.7. The van der Waals surface area contributed by atoms with E-state index in [1.54, 1.807) is 43.8 Å². The van der Waals surface area contributed by atoms with Gasteiger partial charge in [0.15, 0.2) is 0 Å². The lowest BCUT2D eigenvalue weighted by Crippen LogP contribution is -2.48. The van der Waals surface area contributed by atoms with Crippen molar-refractivity contribution in [1.29, 1.82) is 0 Å². The van der Waals surface area contributed by atoms with E-state index in [1.807, 2.05) is 23.1 Å². The van der Waals surface area contributed by atoms with Crippen LogP contribution in [0.3, 0.4) is 0 Å². The van der Waals surface area contributed by atoms with Gasteiger partial charge in [0, 0.05) is 32.2 Å². The Morgan fingerprint density at radius 2 is 1.86 bits per heavy atom. The standard InChI is InChI=1S/C21H23N3O3S/c1-26-15-7-8-16(18(13-15)27-2)21(25)24-11-9-23(10-12-24)14-20-22-17-5-3-4-6-19(17)28-20/h3-8,13H,9-12,14H2,1-2H3. The van der Waals surface area contributed by atoms with Crippen molar-refractivity contribution >= 4 is 27.5 Å². The second-order valence-corrected chi connectivity index (χ2v) is 7.83. The molecule has 4 rings (SSSR count). The summed E-state index contributed by atoms with van der Waals surface area (Å²) in [6.45, 7) is 3.88. The molecule has 1 saturated heterocycles. The van der Waals surface area contributed by atoms with Crippen molar-refractivity contribution in [2.45, 2.75) is 6.54 Å². The molecule has 6 nitrogen and oxygen atoms in total. The third-order valence-electron chi connectivity index (χ3n) is 5.00. The van der Waals surface area contributed by atoms with Crippen LogP contribution in [0.15, 0.2) is 42.5 Å². The third kappa shape index (κ3) is 3.81. The molecule has 1 aliphatic rings. The Balaban J connectivity index is 1.39. The van der Waals surface area contributed by atoms with Crippen LogP contribution in [0.1, 0.15) is 15.4 Å². The summed E-state index contributed by atoms with van der Waals surface area (Å²) in [5.41, 5.74) is 1.63. The quantitative estimate of drug-likeness (QED) is 0.661. The largest absolute Gasteiger partial charge is 0.497 e. The van der Waals surface area contributed by atoms with Gasteiger partial charge in [-0.2, -0.15) is 0 Å². The van der Waals surface area contributed by atoms with Gasteiger partial charge < -0.3 is 14.4 Å². The number of hydrogen-bond donors (Lipinski definition) is 0. The Morgan fingerprint density at radius 3 is 2.57 bits per heavy atom. The minimum Gasteiger partial charge on any atom is -0.497 e. The SMILES string of the molecule is COc1ccc(C(=O)N2CCN(Cc3nc4ccccc4s3)CC2)c(OC)c1. The molecule has 0 bridgehead atoms. The van der Waals surface area contributed by atoms with E-state index in [0.717, 1.165) is 30.2 Å². The van der Waals surface area contributed by atoms with Crippen LogP contribution in [0, 0.1) is 0 Å². The fraction of sp³-hybridized carbons (Fsp3) is 0.333. The van der Waals surface area contributed by atoms with E-state index in [2.05, 4.69) is 11.0 Å². The van der Waals surface area contributed by atoms with Crippen molar-refractivity contribution in [1.82, 2.24) is 14.8 Å². The van der Waals surface area contributed by atoms with E-state index in [-0.39, 0.29) is 5.91 Å². The van der Waals surface area contributed by atoms with E-state index in [1.165, 1.54) is 4.70 Å². The predicted octanol–water partition coefficient (Wildman–Crippen LogP) is 3.27. The van der Waals surface area contributed by atoms with Gasteiger partial charge in [-0.3, -0.25) is 9.69 Å². The molecule has 1 fully saturated rings. The lowest BCUT2D eigenvalue weighted by Gasteiger charge is -2.34. The van der Waals surface area contributed by atoms with Crippen molar-refractivity contribution in [3.63, 3.8) is 0 Å². The van der Waals surface area contributed by atoms with Gasteiger partial charge in [-0.15, -0.1) is 11.3 Å². The minimum atomic E-state index is -0.000796. The van der Waals surface area contributed by atoms with Gasteiger partial charge in [-0.05, 0) is 24.3 Å². The number of aromatic nitrogens is 1. The number of carbonyl (C=O) groups excluding carboxylic acids is 1. The van der Waals surface area contributed by atoms with E-state index in [0.29, 0.717) is 30.2 Å². The Bertz CT molecular complexity index is 947. The number of amides is 1. The van der Waals surface area contributed by atoms with Crippen molar-refractivity contribution in [2.75, 3.05) is 40.4 Å². The smallest absolute Gasteiger partial charge is 0.257 e. The van der Waals surface area contributed by atoms with Crippen LogP contribution in [0.4, 0.5) is 0 Å². The first-order valence-corrected chi connectivity index (χ1v) is 10.1. The molecule has 0 atom stereocenters. The molecule has 0 saturated carbocycles. The molecule has 1 aliphatic heterocycles. The van der Waals surface area contributed by atoms with Crippen LogP contribution in [0.25, 0.3) is 10.2 Å². The molecule has 28 heavy (non-hydrogen) atoms. The molecule has 3 aromatic rings. The summed E-state index contributed by atoms with van der Waals surface area (Å²) in [7, 11) is 3.17. The lowest BCUT2D eigenvalue weighted by molar-refractivity contribution is 0.0625. The minimum absolute atomic E-state index is 0.000796. The highest BCUT2D eigenvalue weighted by Gasteiger charge is 2.25. The molecule has 1 aromatic heterocycles. The second-order valence-electron chi connectivity index (χ2n) is 6.71.